The number of nitrogens with two attached hydrogens (primary N) is 1. The molecule has 1 amide bonds. The number of benzene rings is 2. The van der Waals surface area contributed by atoms with E-state index >= 15 is 0 Å². The molecule has 0 saturated carbocycles. The molecule has 0 unspecified atom stereocenters. The molecule has 2 aromatic carbocycles. The van der Waals surface area contributed by atoms with Crippen molar-refractivity contribution < 1.29 is 18.7 Å². The maximum Gasteiger partial charge on any atom is 0.244 e. The van der Waals surface area contributed by atoms with Gasteiger partial charge in [0, 0.05) is 30.3 Å². The quantitative estimate of drug-likeness (QED) is 0.615. The van der Waals surface area contributed by atoms with E-state index < -0.39 is 0 Å². The fourth-order valence-corrected chi connectivity index (χ4v) is 3.27. The van der Waals surface area contributed by atoms with E-state index in [9.17, 15) is 9.18 Å². The standard InChI is InChI=1S/C22H25FN4O3/c1-15-11-20(24)27(25-15)14-21(28)26(12-16-7-4-5-9-18(16)23)13-17-8-6-10-19(29-2)22(17)30-3/h4-11H,12-14,24H2,1-3H3. The van der Waals surface area contributed by atoms with Crippen LogP contribution in [0, 0.1) is 12.7 Å². The molecule has 0 aliphatic carbocycles. The molecule has 8 heteroatoms. The van der Waals surface area contributed by atoms with Crippen molar-refractivity contribution in [3.05, 3.63) is 71.2 Å². The maximum atomic E-state index is 14.3. The number of carbonyl (C=O) groups is 1. The zero-order chi connectivity index (χ0) is 21.7. The predicted octanol–water partition coefficient (Wildman–Crippen LogP) is 3.16. The van der Waals surface area contributed by atoms with Gasteiger partial charge in [0.25, 0.3) is 0 Å². The first-order valence-electron chi connectivity index (χ1n) is 9.44. The summed E-state index contributed by atoms with van der Waals surface area (Å²) < 4.78 is 26.6. The summed E-state index contributed by atoms with van der Waals surface area (Å²) in [6.45, 7) is 2.04. The zero-order valence-electron chi connectivity index (χ0n) is 17.3. The Balaban J connectivity index is 1.92. The van der Waals surface area contributed by atoms with E-state index in [2.05, 4.69) is 5.10 Å². The number of hydrogen-bond donors (Lipinski definition) is 1. The fraction of sp³-hybridized carbons (Fsp3) is 0.273. The number of nitrogens with zero attached hydrogens (tertiary/aromatic N) is 3. The van der Waals surface area contributed by atoms with Crippen molar-refractivity contribution in [2.75, 3.05) is 20.0 Å². The van der Waals surface area contributed by atoms with Crippen molar-refractivity contribution in [2.45, 2.75) is 26.6 Å². The topological polar surface area (TPSA) is 82.6 Å². The summed E-state index contributed by atoms with van der Waals surface area (Å²) in [7, 11) is 3.09. The van der Waals surface area contributed by atoms with Crippen molar-refractivity contribution in [3.63, 3.8) is 0 Å². The first-order chi connectivity index (χ1) is 14.4. The second kappa shape index (κ2) is 9.30. The first-order valence-corrected chi connectivity index (χ1v) is 9.44. The number of aromatic nitrogens is 2. The summed E-state index contributed by atoms with van der Waals surface area (Å²) in [5.41, 5.74) is 7.81. The molecule has 2 N–H and O–H groups in total. The summed E-state index contributed by atoms with van der Waals surface area (Å²) >= 11 is 0. The Hall–Kier alpha value is -3.55. The number of methoxy groups -OCH3 is 2. The molecule has 0 aliphatic heterocycles. The van der Waals surface area contributed by atoms with Gasteiger partial charge in [-0.3, -0.25) is 4.79 Å². The molecule has 1 heterocycles. The minimum atomic E-state index is -0.373. The second-order valence-corrected chi connectivity index (χ2v) is 6.86. The van der Waals surface area contributed by atoms with E-state index in [1.54, 1.807) is 49.3 Å². The van der Waals surface area contributed by atoms with E-state index in [4.69, 9.17) is 15.2 Å². The Labute approximate surface area is 174 Å². The van der Waals surface area contributed by atoms with Gasteiger partial charge in [0.2, 0.25) is 5.91 Å². The van der Waals surface area contributed by atoms with Crippen molar-refractivity contribution in [1.82, 2.24) is 14.7 Å². The minimum Gasteiger partial charge on any atom is -0.493 e. The van der Waals surface area contributed by atoms with E-state index in [-0.39, 0.29) is 31.4 Å². The molecule has 1 aromatic heterocycles. The van der Waals surface area contributed by atoms with Crippen LogP contribution in [-0.2, 0) is 24.4 Å². The average Bonchev–Trinajstić information content (AvgIpc) is 3.05. The number of anilines is 1. The molecule has 3 aromatic rings. The van der Waals surface area contributed by atoms with Gasteiger partial charge in [-0.1, -0.05) is 30.3 Å². The lowest BCUT2D eigenvalue weighted by Crippen LogP contribution is -2.34. The van der Waals surface area contributed by atoms with Gasteiger partial charge in [0.15, 0.2) is 11.5 Å². The van der Waals surface area contributed by atoms with Gasteiger partial charge in [-0.25, -0.2) is 9.07 Å². The lowest BCUT2D eigenvalue weighted by Gasteiger charge is -2.25. The number of hydrogen-bond acceptors (Lipinski definition) is 5. The maximum absolute atomic E-state index is 14.3. The van der Waals surface area contributed by atoms with Crippen molar-refractivity contribution in [3.8, 4) is 11.5 Å². The van der Waals surface area contributed by atoms with Crippen LogP contribution in [0.25, 0.3) is 0 Å². The molecule has 0 atom stereocenters. The smallest absolute Gasteiger partial charge is 0.244 e. The number of carbonyl (C=O) groups excluding carboxylic acids is 1. The summed E-state index contributed by atoms with van der Waals surface area (Å²) in [4.78, 5) is 14.7. The number of amides is 1. The largest absolute Gasteiger partial charge is 0.493 e. The number of aryl methyl sites for hydroxylation is 1. The predicted molar refractivity (Wildman–Crippen MR) is 112 cm³/mol. The molecule has 0 spiro atoms. The van der Waals surface area contributed by atoms with Crippen LogP contribution in [0.15, 0.2) is 48.5 Å². The summed E-state index contributed by atoms with van der Waals surface area (Å²) in [6, 6.07) is 13.5. The Morgan fingerprint density at radius 1 is 1.10 bits per heavy atom. The van der Waals surface area contributed by atoms with Crippen molar-refractivity contribution in [1.29, 1.82) is 0 Å². The molecular formula is C22H25FN4O3. The van der Waals surface area contributed by atoms with Gasteiger partial charge in [0.1, 0.15) is 18.2 Å². The lowest BCUT2D eigenvalue weighted by molar-refractivity contribution is -0.133. The highest BCUT2D eigenvalue weighted by Gasteiger charge is 2.21. The van der Waals surface area contributed by atoms with Crippen LogP contribution < -0.4 is 15.2 Å². The van der Waals surface area contributed by atoms with Gasteiger partial charge in [0.05, 0.1) is 19.9 Å². The third-order valence-corrected chi connectivity index (χ3v) is 4.74. The number of halogens is 1. The highest BCUT2D eigenvalue weighted by Crippen LogP contribution is 2.32. The van der Waals surface area contributed by atoms with E-state index in [0.29, 0.717) is 22.9 Å². The second-order valence-electron chi connectivity index (χ2n) is 6.86. The van der Waals surface area contributed by atoms with Gasteiger partial charge in [-0.05, 0) is 19.1 Å². The first kappa shape index (κ1) is 21.2. The number of ether oxygens (including phenoxy) is 2. The third-order valence-electron chi connectivity index (χ3n) is 4.74. The number of para-hydroxylation sites is 1. The van der Waals surface area contributed by atoms with Crippen LogP contribution in [0.2, 0.25) is 0 Å². The molecule has 0 fully saturated rings. The van der Waals surface area contributed by atoms with Crippen LogP contribution >= 0.6 is 0 Å². The Kier molecular flexibility index (Phi) is 6.56. The van der Waals surface area contributed by atoms with Crippen molar-refractivity contribution >= 4 is 11.7 Å². The van der Waals surface area contributed by atoms with E-state index in [0.717, 1.165) is 11.3 Å². The highest BCUT2D eigenvalue weighted by molar-refractivity contribution is 5.76. The van der Waals surface area contributed by atoms with Crippen molar-refractivity contribution in [2.24, 2.45) is 0 Å². The molecule has 7 nitrogen and oxygen atoms in total. The van der Waals surface area contributed by atoms with Gasteiger partial charge in [-0.15, -0.1) is 0 Å². The van der Waals surface area contributed by atoms with Gasteiger partial charge in [-0.2, -0.15) is 5.10 Å². The van der Waals surface area contributed by atoms with E-state index in [1.807, 2.05) is 12.1 Å². The number of nitrogen functional groups attached to an aromatic ring is 1. The highest BCUT2D eigenvalue weighted by atomic mass is 19.1. The monoisotopic (exact) mass is 412 g/mol. The van der Waals surface area contributed by atoms with Crippen LogP contribution in [0.1, 0.15) is 16.8 Å². The summed E-state index contributed by atoms with van der Waals surface area (Å²) in [5.74, 6) is 0.854. The van der Waals surface area contributed by atoms with E-state index in [1.165, 1.54) is 17.9 Å². The van der Waals surface area contributed by atoms with Gasteiger partial charge >= 0.3 is 0 Å². The summed E-state index contributed by atoms with van der Waals surface area (Å²) in [5, 5.41) is 4.25. The SMILES string of the molecule is COc1cccc(CN(Cc2ccccc2F)C(=O)Cn2nc(C)cc2N)c1OC. The van der Waals surface area contributed by atoms with Crippen LogP contribution in [0.4, 0.5) is 10.2 Å². The third kappa shape index (κ3) is 4.71. The minimum absolute atomic E-state index is 0.0551. The van der Waals surface area contributed by atoms with Crippen LogP contribution in [0.3, 0.4) is 0 Å². The molecule has 3 rings (SSSR count). The molecular weight excluding hydrogens is 387 g/mol. The molecule has 0 radical (unpaired) electrons. The average molecular weight is 412 g/mol. The van der Waals surface area contributed by atoms with Crippen LogP contribution in [0.5, 0.6) is 11.5 Å². The molecule has 30 heavy (non-hydrogen) atoms. The molecule has 0 saturated heterocycles. The molecule has 158 valence electrons. The lowest BCUT2D eigenvalue weighted by atomic mass is 10.1. The Bertz CT molecular complexity index is 1030. The molecule has 0 bridgehead atoms. The Morgan fingerprint density at radius 3 is 2.43 bits per heavy atom. The Morgan fingerprint density at radius 2 is 1.80 bits per heavy atom. The number of rotatable bonds is 8. The zero-order valence-corrected chi connectivity index (χ0v) is 17.3. The van der Waals surface area contributed by atoms with Gasteiger partial charge < -0.3 is 20.1 Å². The summed E-state index contributed by atoms with van der Waals surface area (Å²) in [6.07, 6.45) is 0. The van der Waals surface area contributed by atoms with Crippen LogP contribution in [-0.4, -0.2) is 34.8 Å². The fourth-order valence-electron chi connectivity index (χ4n) is 3.27. The normalized spacial score (nSPS) is 10.7. The molecule has 0 aliphatic rings.